The van der Waals surface area contributed by atoms with E-state index in [0.717, 1.165) is 4.90 Å². The van der Waals surface area contributed by atoms with Crippen LogP contribution in [0.3, 0.4) is 0 Å². The summed E-state index contributed by atoms with van der Waals surface area (Å²) >= 11 is 0. The molecular weight excluding hydrogens is 437 g/mol. The van der Waals surface area contributed by atoms with E-state index in [4.69, 9.17) is 9.47 Å². The molecule has 1 saturated heterocycles. The van der Waals surface area contributed by atoms with Gasteiger partial charge in [-0.2, -0.15) is 13.2 Å². The molecule has 1 aromatic rings. The number of carbonyl (C=O) groups is 2. The highest BCUT2D eigenvalue weighted by Gasteiger charge is 2.50. The maximum Gasteiger partial charge on any atom is 0.471 e. The lowest BCUT2D eigenvalue weighted by atomic mass is 9.78. The van der Waals surface area contributed by atoms with Gasteiger partial charge in [0.15, 0.2) is 0 Å². The Kier molecular flexibility index (Phi) is 9.17. The van der Waals surface area contributed by atoms with Crippen LogP contribution in [0.2, 0.25) is 0 Å². The SMILES string of the molecule is COCC1(CN(C(=O)C(F)(F)F)C2CC2)CCN(C(=O)OC(C)(C)C)CC1.c1ccccc1. The highest BCUT2D eigenvalue weighted by Crippen LogP contribution is 2.39. The normalized spacial score (nSPS) is 18.1. The molecule has 1 saturated carbocycles. The van der Waals surface area contributed by atoms with Gasteiger partial charge in [0, 0.05) is 38.2 Å². The molecule has 33 heavy (non-hydrogen) atoms. The lowest BCUT2D eigenvalue weighted by Gasteiger charge is -2.44. The molecule has 0 atom stereocenters. The van der Waals surface area contributed by atoms with Crippen LogP contribution in [-0.2, 0) is 14.3 Å². The molecule has 0 unspecified atom stereocenters. The first-order valence-electron chi connectivity index (χ1n) is 11.2. The Morgan fingerprint density at radius 1 is 1.00 bits per heavy atom. The molecule has 2 amide bonds. The van der Waals surface area contributed by atoms with Gasteiger partial charge in [0.2, 0.25) is 0 Å². The zero-order valence-corrected chi connectivity index (χ0v) is 19.9. The van der Waals surface area contributed by atoms with Crippen molar-refractivity contribution in [3.8, 4) is 0 Å². The Hall–Kier alpha value is -2.29. The summed E-state index contributed by atoms with van der Waals surface area (Å²) in [5.41, 5.74) is -1.21. The fourth-order valence-electron chi connectivity index (χ4n) is 3.81. The van der Waals surface area contributed by atoms with E-state index in [1.807, 2.05) is 36.4 Å². The summed E-state index contributed by atoms with van der Waals surface area (Å²) < 4.78 is 49.6. The number of ether oxygens (including phenoxy) is 2. The van der Waals surface area contributed by atoms with Crippen LogP contribution in [0.4, 0.5) is 18.0 Å². The van der Waals surface area contributed by atoms with Crippen LogP contribution in [0.15, 0.2) is 36.4 Å². The number of carbonyl (C=O) groups excluding carboxylic acids is 2. The average molecular weight is 473 g/mol. The molecule has 0 spiro atoms. The van der Waals surface area contributed by atoms with E-state index in [9.17, 15) is 22.8 Å². The van der Waals surface area contributed by atoms with Crippen molar-refractivity contribution in [2.75, 3.05) is 33.4 Å². The highest BCUT2D eigenvalue weighted by atomic mass is 19.4. The predicted octanol–water partition coefficient (Wildman–Crippen LogP) is 4.89. The number of halogens is 3. The number of benzene rings is 1. The van der Waals surface area contributed by atoms with E-state index >= 15 is 0 Å². The monoisotopic (exact) mass is 472 g/mol. The maximum absolute atomic E-state index is 13.0. The molecule has 0 bridgehead atoms. The number of amides is 2. The number of alkyl halides is 3. The predicted molar refractivity (Wildman–Crippen MR) is 119 cm³/mol. The minimum Gasteiger partial charge on any atom is -0.444 e. The standard InChI is InChI=1S/C18H29F3N2O4.C6H6/c1-16(2,3)27-15(25)22-9-7-17(8-10-22,12-26-4)11-23(13-5-6-13)14(24)18(19,20)21;1-2-4-6-5-3-1/h13H,5-12H2,1-4H3;1-6H. The fourth-order valence-corrected chi connectivity index (χ4v) is 3.81. The first-order chi connectivity index (χ1) is 15.4. The minimum absolute atomic E-state index is 0.00793. The summed E-state index contributed by atoms with van der Waals surface area (Å²) in [6.07, 6.45) is -3.22. The van der Waals surface area contributed by atoms with E-state index in [2.05, 4.69) is 0 Å². The smallest absolute Gasteiger partial charge is 0.444 e. The molecule has 0 N–H and O–H groups in total. The summed E-state index contributed by atoms with van der Waals surface area (Å²) in [5.74, 6) is -1.78. The molecule has 2 aliphatic rings. The largest absolute Gasteiger partial charge is 0.471 e. The zero-order valence-electron chi connectivity index (χ0n) is 19.9. The summed E-state index contributed by atoms with van der Waals surface area (Å²) in [5, 5.41) is 0. The van der Waals surface area contributed by atoms with Crippen LogP contribution < -0.4 is 0 Å². The molecule has 1 aliphatic heterocycles. The third-order valence-corrected chi connectivity index (χ3v) is 5.59. The van der Waals surface area contributed by atoms with Crippen molar-refractivity contribution in [3.63, 3.8) is 0 Å². The van der Waals surface area contributed by atoms with Gasteiger partial charge in [-0.3, -0.25) is 4.79 Å². The lowest BCUT2D eigenvalue weighted by Crippen LogP contribution is -2.54. The van der Waals surface area contributed by atoms with Gasteiger partial charge in [0.25, 0.3) is 0 Å². The molecule has 1 aliphatic carbocycles. The van der Waals surface area contributed by atoms with E-state index in [1.165, 1.54) is 7.11 Å². The first kappa shape index (κ1) is 27.0. The van der Waals surface area contributed by atoms with Crippen LogP contribution in [0.1, 0.15) is 46.5 Å². The van der Waals surface area contributed by atoms with E-state index < -0.39 is 29.2 Å². The van der Waals surface area contributed by atoms with Gasteiger partial charge in [0.05, 0.1) is 6.61 Å². The summed E-state index contributed by atoms with van der Waals surface area (Å²) in [7, 11) is 1.50. The van der Waals surface area contributed by atoms with Gasteiger partial charge in [0.1, 0.15) is 5.60 Å². The second-order valence-corrected chi connectivity index (χ2v) is 9.72. The zero-order chi connectivity index (χ0) is 24.7. The number of rotatable bonds is 5. The van der Waals surface area contributed by atoms with Crippen molar-refractivity contribution >= 4 is 12.0 Å². The van der Waals surface area contributed by atoms with E-state index in [0.29, 0.717) is 38.8 Å². The second kappa shape index (κ2) is 11.2. The highest BCUT2D eigenvalue weighted by molar-refractivity contribution is 5.82. The second-order valence-electron chi connectivity index (χ2n) is 9.72. The third kappa shape index (κ3) is 8.87. The van der Waals surface area contributed by atoms with Crippen molar-refractivity contribution < 1.29 is 32.2 Å². The summed E-state index contributed by atoms with van der Waals surface area (Å²) in [4.78, 5) is 26.6. The van der Waals surface area contributed by atoms with E-state index in [-0.39, 0.29) is 19.2 Å². The van der Waals surface area contributed by atoms with Crippen LogP contribution in [0.5, 0.6) is 0 Å². The number of nitrogens with zero attached hydrogens (tertiary/aromatic N) is 2. The molecule has 2 fully saturated rings. The molecule has 6 nitrogen and oxygen atoms in total. The average Bonchev–Trinajstić information content (AvgIpc) is 3.57. The molecule has 0 radical (unpaired) electrons. The Labute approximate surface area is 194 Å². The summed E-state index contributed by atoms with van der Waals surface area (Å²) in [6.45, 7) is 6.28. The van der Waals surface area contributed by atoms with Crippen LogP contribution in [-0.4, -0.2) is 73.0 Å². The Morgan fingerprint density at radius 3 is 1.85 bits per heavy atom. The van der Waals surface area contributed by atoms with Crippen molar-refractivity contribution in [2.45, 2.75) is 64.3 Å². The van der Waals surface area contributed by atoms with Gasteiger partial charge in [-0.15, -0.1) is 0 Å². The number of piperidine rings is 1. The Morgan fingerprint density at radius 2 is 1.48 bits per heavy atom. The molecular formula is C24H35F3N2O4. The molecule has 3 rings (SSSR count). The first-order valence-corrected chi connectivity index (χ1v) is 11.2. The maximum atomic E-state index is 13.0. The topological polar surface area (TPSA) is 59.1 Å². The fraction of sp³-hybridized carbons (Fsp3) is 0.667. The summed E-state index contributed by atoms with van der Waals surface area (Å²) in [6, 6.07) is 11.6. The number of methoxy groups -OCH3 is 1. The number of hydrogen-bond acceptors (Lipinski definition) is 4. The van der Waals surface area contributed by atoms with Gasteiger partial charge in [-0.1, -0.05) is 36.4 Å². The lowest BCUT2D eigenvalue weighted by molar-refractivity contribution is -0.188. The third-order valence-electron chi connectivity index (χ3n) is 5.59. The van der Waals surface area contributed by atoms with Gasteiger partial charge in [-0.25, -0.2) is 4.79 Å². The van der Waals surface area contributed by atoms with E-state index in [1.54, 1.807) is 25.7 Å². The van der Waals surface area contributed by atoms with Gasteiger partial charge in [-0.05, 0) is 46.5 Å². The minimum atomic E-state index is -4.88. The molecule has 186 valence electrons. The Bertz CT molecular complexity index is 727. The van der Waals surface area contributed by atoms with Gasteiger partial charge < -0.3 is 19.3 Å². The number of likely N-dealkylation sites (tertiary alicyclic amines) is 1. The van der Waals surface area contributed by atoms with Crippen LogP contribution >= 0.6 is 0 Å². The van der Waals surface area contributed by atoms with Crippen molar-refractivity contribution in [2.24, 2.45) is 5.41 Å². The van der Waals surface area contributed by atoms with Crippen molar-refractivity contribution in [1.29, 1.82) is 0 Å². The quantitative estimate of drug-likeness (QED) is 0.612. The Balaban J connectivity index is 0.000000554. The van der Waals surface area contributed by atoms with Gasteiger partial charge >= 0.3 is 18.2 Å². The van der Waals surface area contributed by atoms with Crippen molar-refractivity contribution in [1.82, 2.24) is 9.80 Å². The molecule has 1 heterocycles. The van der Waals surface area contributed by atoms with Crippen LogP contribution in [0.25, 0.3) is 0 Å². The van der Waals surface area contributed by atoms with Crippen molar-refractivity contribution in [3.05, 3.63) is 36.4 Å². The molecule has 1 aromatic carbocycles. The molecule has 9 heteroatoms. The number of hydrogen-bond donors (Lipinski definition) is 0. The van der Waals surface area contributed by atoms with Crippen LogP contribution in [0, 0.1) is 5.41 Å². The molecule has 0 aromatic heterocycles.